The van der Waals surface area contributed by atoms with E-state index in [0.29, 0.717) is 0 Å². The zero-order valence-corrected chi connectivity index (χ0v) is 4.86. The maximum absolute atomic E-state index is 2.42. The van der Waals surface area contributed by atoms with E-state index in [1.165, 1.54) is 11.8 Å². The van der Waals surface area contributed by atoms with Gasteiger partial charge in [-0.05, 0) is 29.1 Å². The highest BCUT2D eigenvalue weighted by atomic mass is 15.0. The van der Waals surface area contributed by atoms with Gasteiger partial charge in [0, 0.05) is 0 Å². The Kier molecular flexibility index (Phi) is 0.185. The van der Waals surface area contributed by atoms with Crippen molar-refractivity contribution in [1.29, 1.82) is 0 Å². The van der Waals surface area contributed by atoms with Gasteiger partial charge in [-0.3, -0.25) is 0 Å². The van der Waals surface area contributed by atoms with E-state index in [1.54, 1.807) is 6.42 Å². The standard InChI is InChI=1S/C7H10/c1-6(2)5-4-3-7(4,5)6/h4-5H,3H2,1-2H3. The molecule has 0 heteroatoms. The average Bonchev–Trinajstić information content (AvgIpc) is 2.07. The van der Waals surface area contributed by atoms with Crippen molar-refractivity contribution >= 4 is 0 Å². The van der Waals surface area contributed by atoms with E-state index in [1.807, 2.05) is 0 Å². The van der Waals surface area contributed by atoms with Gasteiger partial charge in [0.15, 0.2) is 0 Å². The minimum Gasteiger partial charge on any atom is -0.0591 e. The predicted octanol–water partition coefficient (Wildman–Crippen LogP) is 1.66. The lowest BCUT2D eigenvalue weighted by atomic mass is 10.0. The van der Waals surface area contributed by atoms with E-state index in [0.717, 1.165) is 10.8 Å². The molecule has 3 aliphatic rings. The van der Waals surface area contributed by atoms with Crippen molar-refractivity contribution < 1.29 is 0 Å². The molecule has 3 fully saturated rings. The van der Waals surface area contributed by atoms with Crippen LogP contribution in [0.2, 0.25) is 0 Å². The van der Waals surface area contributed by atoms with Crippen molar-refractivity contribution in [3.8, 4) is 0 Å². The van der Waals surface area contributed by atoms with Crippen LogP contribution in [0.25, 0.3) is 0 Å². The first kappa shape index (κ1) is 3.11. The van der Waals surface area contributed by atoms with E-state index in [9.17, 15) is 0 Å². The minimum atomic E-state index is 0.817. The van der Waals surface area contributed by atoms with Crippen LogP contribution in [-0.2, 0) is 0 Å². The van der Waals surface area contributed by atoms with Gasteiger partial charge in [-0.1, -0.05) is 13.8 Å². The Morgan fingerprint density at radius 3 is 2.00 bits per heavy atom. The molecular formula is C7H10. The molecule has 3 atom stereocenters. The van der Waals surface area contributed by atoms with Crippen LogP contribution in [0.1, 0.15) is 20.3 Å². The van der Waals surface area contributed by atoms with Crippen molar-refractivity contribution in [1.82, 2.24) is 0 Å². The molecule has 0 bridgehead atoms. The predicted molar refractivity (Wildman–Crippen MR) is 27.8 cm³/mol. The Bertz CT molecular complexity index is 153. The molecule has 1 spiro atoms. The van der Waals surface area contributed by atoms with Crippen LogP contribution >= 0.6 is 0 Å². The summed E-state index contributed by atoms with van der Waals surface area (Å²) >= 11 is 0. The highest BCUT2D eigenvalue weighted by molar-refractivity contribution is 5.48. The van der Waals surface area contributed by atoms with E-state index in [4.69, 9.17) is 0 Å². The first-order valence-electron chi connectivity index (χ1n) is 3.21. The smallest absolute Gasteiger partial charge is 0.0172 e. The molecule has 0 saturated heterocycles. The van der Waals surface area contributed by atoms with Crippen molar-refractivity contribution in [2.45, 2.75) is 20.3 Å². The SMILES string of the molecule is CC1(C)C2C3CC321. The monoisotopic (exact) mass is 94.1 g/mol. The highest BCUT2D eigenvalue weighted by Crippen LogP contribution is 3.06. The Morgan fingerprint density at radius 1 is 1.43 bits per heavy atom. The average molecular weight is 94.2 g/mol. The normalized spacial score (nSPS) is 76.3. The van der Waals surface area contributed by atoms with Gasteiger partial charge >= 0.3 is 0 Å². The maximum atomic E-state index is 2.42. The van der Waals surface area contributed by atoms with E-state index in [-0.39, 0.29) is 0 Å². The number of hydrogen-bond donors (Lipinski definition) is 0. The van der Waals surface area contributed by atoms with Crippen LogP contribution in [-0.4, -0.2) is 0 Å². The van der Waals surface area contributed by atoms with Gasteiger partial charge in [0.2, 0.25) is 0 Å². The third-order valence-corrected chi connectivity index (χ3v) is 3.80. The largest absolute Gasteiger partial charge is 0.0591 e. The van der Waals surface area contributed by atoms with Gasteiger partial charge < -0.3 is 0 Å². The molecule has 3 aliphatic carbocycles. The van der Waals surface area contributed by atoms with Crippen LogP contribution in [0.5, 0.6) is 0 Å². The fourth-order valence-corrected chi connectivity index (χ4v) is 2.99. The molecule has 0 aromatic heterocycles. The number of fused-ring (bicyclic) bond motifs is 1. The molecular weight excluding hydrogens is 84.1 g/mol. The van der Waals surface area contributed by atoms with Gasteiger partial charge in [0.25, 0.3) is 0 Å². The summed E-state index contributed by atoms with van der Waals surface area (Å²) in [4.78, 5) is 0. The maximum Gasteiger partial charge on any atom is -0.0172 e. The van der Waals surface area contributed by atoms with Crippen molar-refractivity contribution in [3.63, 3.8) is 0 Å². The lowest BCUT2D eigenvalue weighted by molar-refractivity contribution is 0.449. The summed E-state index contributed by atoms with van der Waals surface area (Å²) in [7, 11) is 0. The highest BCUT2D eigenvalue weighted by Gasteiger charge is 3.01. The zero-order chi connectivity index (χ0) is 4.86. The Labute approximate surface area is 43.9 Å². The summed E-state index contributed by atoms with van der Waals surface area (Å²) in [6.07, 6.45) is 1.59. The van der Waals surface area contributed by atoms with Crippen molar-refractivity contribution in [2.75, 3.05) is 0 Å². The van der Waals surface area contributed by atoms with E-state index < -0.39 is 0 Å². The minimum absolute atomic E-state index is 0.817. The summed E-state index contributed by atoms with van der Waals surface area (Å²) in [6, 6.07) is 0. The first-order chi connectivity index (χ1) is 3.21. The van der Waals surface area contributed by atoms with Gasteiger partial charge in [0.05, 0.1) is 0 Å². The molecule has 0 aromatic carbocycles. The third kappa shape index (κ3) is 0.107. The molecule has 38 valence electrons. The number of rotatable bonds is 0. The molecule has 3 rings (SSSR count). The van der Waals surface area contributed by atoms with Gasteiger partial charge in [0.1, 0.15) is 0 Å². The van der Waals surface area contributed by atoms with E-state index >= 15 is 0 Å². The van der Waals surface area contributed by atoms with Crippen molar-refractivity contribution in [2.24, 2.45) is 22.7 Å². The lowest BCUT2D eigenvalue weighted by Crippen LogP contribution is -1.97. The summed E-state index contributed by atoms with van der Waals surface area (Å²) in [5.74, 6) is 2.45. The summed E-state index contributed by atoms with van der Waals surface area (Å²) in [5.41, 5.74) is 1.80. The molecule has 7 heavy (non-hydrogen) atoms. The van der Waals surface area contributed by atoms with Crippen LogP contribution in [0, 0.1) is 22.7 Å². The van der Waals surface area contributed by atoms with Crippen LogP contribution in [0.15, 0.2) is 0 Å². The van der Waals surface area contributed by atoms with Gasteiger partial charge in [-0.25, -0.2) is 0 Å². The zero-order valence-electron chi connectivity index (χ0n) is 4.86. The van der Waals surface area contributed by atoms with Crippen LogP contribution in [0.4, 0.5) is 0 Å². The molecule has 0 aliphatic heterocycles. The van der Waals surface area contributed by atoms with Gasteiger partial charge in [-0.15, -0.1) is 0 Å². The van der Waals surface area contributed by atoms with E-state index in [2.05, 4.69) is 13.8 Å². The molecule has 3 saturated carbocycles. The third-order valence-electron chi connectivity index (χ3n) is 3.80. The van der Waals surface area contributed by atoms with Crippen LogP contribution in [0.3, 0.4) is 0 Å². The Hall–Kier alpha value is 0. The summed E-state index contributed by atoms with van der Waals surface area (Å²) < 4.78 is 0. The van der Waals surface area contributed by atoms with Gasteiger partial charge in [-0.2, -0.15) is 0 Å². The fourth-order valence-electron chi connectivity index (χ4n) is 2.99. The van der Waals surface area contributed by atoms with Crippen LogP contribution < -0.4 is 0 Å². The first-order valence-corrected chi connectivity index (χ1v) is 3.21. The Balaban J connectivity index is 2.14. The fraction of sp³-hybridized carbons (Fsp3) is 1.00. The summed E-state index contributed by atoms with van der Waals surface area (Å²) in [5, 5.41) is 0. The number of hydrogen-bond acceptors (Lipinski definition) is 0. The Morgan fingerprint density at radius 2 is 2.00 bits per heavy atom. The quantitative estimate of drug-likeness (QED) is 0.428. The molecule has 0 nitrogen and oxygen atoms in total. The molecule has 3 unspecified atom stereocenters. The summed E-state index contributed by atoms with van der Waals surface area (Å²) in [6.45, 7) is 4.84. The second kappa shape index (κ2) is 0.416. The van der Waals surface area contributed by atoms with Crippen molar-refractivity contribution in [3.05, 3.63) is 0 Å². The second-order valence-electron chi connectivity index (χ2n) is 4.05. The second-order valence-corrected chi connectivity index (χ2v) is 4.05. The molecule has 0 amide bonds. The molecule has 0 radical (unpaired) electrons. The topological polar surface area (TPSA) is 0 Å². The molecule has 0 aromatic rings. The molecule has 0 N–H and O–H groups in total. The lowest BCUT2D eigenvalue weighted by Gasteiger charge is -2.03. The molecule has 0 heterocycles.